The number of para-hydroxylation sites is 1. The third-order valence-corrected chi connectivity index (χ3v) is 10.9. The van der Waals surface area contributed by atoms with Crippen molar-refractivity contribution >= 4 is 17.1 Å². The Bertz CT molecular complexity index is 2470. The van der Waals surface area contributed by atoms with Gasteiger partial charge in [-0.05, 0) is 99.5 Å². The van der Waals surface area contributed by atoms with E-state index < -0.39 is 5.41 Å². The van der Waals surface area contributed by atoms with Crippen LogP contribution in [0, 0.1) is 0 Å². The van der Waals surface area contributed by atoms with Gasteiger partial charge in [0.15, 0.2) is 0 Å². The van der Waals surface area contributed by atoms with E-state index in [0.29, 0.717) is 0 Å². The highest BCUT2D eigenvalue weighted by atomic mass is 16.5. The molecule has 0 bridgehead atoms. The van der Waals surface area contributed by atoms with Crippen LogP contribution >= 0.6 is 0 Å². The van der Waals surface area contributed by atoms with E-state index in [1.54, 1.807) is 0 Å². The zero-order valence-electron chi connectivity index (χ0n) is 28.6. The van der Waals surface area contributed by atoms with Gasteiger partial charge in [-0.3, -0.25) is 0 Å². The quantitative estimate of drug-likeness (QED) is 0.181. The molecule has 52 heavy (non-hydrogen) atoms. The van der Waals surface area contributed by atoms with Crippen LogP contribution in [-0.4, -0.2) is 0 Å². The van der Waals surface area contributed by atoms with Crippen LogP contribution in [0.25, 0.3) is 33.4 Å². The highest BCUT2D eigenvalue weighted by Gasteiger charge is 2.47. The number of fused-ring (bicyclic) bond motifs is 8. The van der Waals surface area contributed by atoms with E-state index in [4.69, 9.17) is 4.74 Å². The van der Waals surface area contributed by atoms with Crippen LogP contribution in [0.4, 0.5) is 17.1 Å². The monoisotopic (exact) mass is 665 g/mol. The summed E-state index contributed by atoms with van der Waals surface area (Å²) >= 11 is 0. The van der Waals surface area contributed by atoms with Crippen molar-refractivity contribution in [2.45, 2.75) is 11.8 Å². The maximum absolute atomic E-state index is 6.77. The molecule has 246 valence electrons. The van der Waals surface area contributed by atoms with Gasteiger partial charge in [0.2, 0.25) is 0 Å². The molecule has 1 spiro atoms. The molecule has 0 fully saturated rings. The van der Waals surface area contributed by atoms with Crippen molar-refractivity contribution in [1.82, 2.24) is 0 Å². The van der Waals surface area contributed by atoms with Crippen molar-refractivity contribution in [2.75, 3.05) is 4.90 Å². The summed E-state index contributed by atoms with van der Waals surface area (Å²) in [6, 6.07) is 72.2. The van der Waals surface area contributed by atoms with Crippen molar-refractivity contribution in [1.29, 1.82) is 0 Å². The fourth-order valence-electron chi connectivity index (χ4n) is 8.45. The van der Waals surface area contributed by atoms with Crippen molar-refractivity contribution < 1.29 is 4.74 Å². The Kier molecular flexibility index (Phi) is 7.14. The number of hydrogen-bond donors (Lipinski definition) is 0. The predicted molar refractivity (Wildman–Crippen MR) is 214 cm³/mol. The molecule has 8 aromatic carbocycles. The first kappa shape index (κ1) is 30.2. The fraction of sp³-hybridized carbons (Fsp3) is 0.0400. The maximum atomic E-state index is 6.77. The first-order valence-electron chi connectivity index (χ1n) is 18.0. The third-order valence-electron chi connectivity index (χ3n) is 10.9. The van der Waals surface area contributed by atoms with Crippen molar-refractivity contribution in [3.05, 3.63) is 222 Å². The second-order valence-electron chi connectivity index (χ2n) is 13.7. The van der Waals surface area contributed by atoms with Gasteiger partial charge in [0.25, 0.3) is 0 Å². The van der Waals surface area contributed by atoms with Gasteiger partial charge in [-0.1, -0.05) is 152 Å². The van der Waals surface area contributed by atoms with Crippen molar-refractivity contribution in [2.24, 2.45) is 0 Å². The summed E-state index contributed by atoms with van der Waals surface area (Å²) in [5.41, 5.74) is 15.2. The highest BCUT2D eigenvalue weighted by molar-refractivity contribution is 5.84. The number of anilines is 3. The van der Waals surface area contributed by atoms with Crippen LogP contribution in [0.5, 0.6) is 11.5 Å². The van der Waals surface area contributed by atoms with Crippen LogP contribution < -0.4 is 9.64 Å². The number of nitrogens with zero attached hydrogens (tertiary/aromatic N) is 1. The first-order valence-corrected chi connectivity index (χ1v) is 18.0. The zero-order valence-corrected chi connectivity index (χ0v) is 28.6. The fourth-order valence-corrected chi connectivity index (χ4v) is 8.45. The molecule has 0 aromatic heterocycles. The largest absolute Gasteiger partial charge is 0.457 e. The van der Waals surface area contributed by atoms with Gasteiger partial charge in [-0.25, -0.2) is 0 Å². The predicted octanol–water partition coefficient (Wildman–Crippen LogP) is 13.2. The molecule has 2 heteroatoms. The molecule has 0 radical (unpaired) electrons. The lowest BCUT2D eigenvalue weighted by atomic mass is 9.60. The minimum atomic E-state index is -0.439. The Morgan fingerprint density at radius 2 is 0.846 bits per heavy atom. The molecule has 1 unspecified atom stereocenters. The van der Waals surface area contributed by atoms with Crippen molar-refractivity contribution in [3.63, 3.8) is 0 Å². The van der Waals surface area contributed by atoms with Crippen LogP contribution in [0.3, 0.4) is 0 Å². The molecule has 0 saturated heterocycles. The van der Waals surface area contributed by atoms with E-state index in [-0.39, 0.29) is 0 Å². The summed E-state index contributed by atoms with van der Waals surface area (Å²) in [6.07, 6.45) is 0.842. The molecule has 1 aliphatic carbocycles. The second-order valence-corrected chi connectivity index (χ2v) is 13.7. The van der Waals surface area contributed by atoms with Crippen LogP contribution in [-0.2, 0) is 11.8 Å². The number of hydrogen-bond acceptors (Lipinski definition) is 2. The van der Waals surface area contributed by atoms with E-state index in [0.717, 1.165) is 35.0 Å². The lowest BCUT2D eigenvalue weighted by Crippen LogP contribution is -2.38. The van der Waals surface area contributed by atoms with Gasteiger partial charge < -0.3 is 9.64 Å². The summed E-state index contributed by atoms with van der Waals surface area (Å²) in [7, 11) is 0. The Balaban J connectivity index is 1.17. The minimum absolute atomic E-state index is 0.439. The Hall–Kier alpha value is -6.64. The van der Waals surface area contributed by atoms with E-state index in [2.05, 4.69) is 205 Å². The molecule has 0 saturated carbocycles. The summed E-state index contributed by atoms with van der Waals surface area (Å²) in [5.74, 6) is 1.82. The Morgan fingerprint density at radius 1 is 0.365 bits per heavy atom. The third kappa shape index (κ3) is 4.87. The molecule has 0 amide bonds. The molecule has 1 aliphatic heterocycles. The van der Waals surface area contributed by atoms with Crippen LogP contribution in [0.15, 0.2) is 200 Å². The standard InChI is InChI=1S/C50H35NO/c1-3-13-35(14-4-1)37-23-27-40(28-24-37)51(41-29-25-38(26-30-41)36-15-5-2-6-16-36)42-31-32-49-47(33-42)50(46-21-11-12-22-48(46)52-49)34-39-17-7-8-18-43(39)44-19-9-10-20-45(44)50/h1-33H,34H2. The number of benzene rings is 8. The topological polar surface area (TPSA) is 12.5 Å². The second kappa shape index (κ2) is 12.3. The van der Waals surface area contributed by atoms with E-state index in [1.807, 2.05) is 0 Å². The van der Waals surface area contributed by atoms with Crippen LogP contribution in [0.2, 0.25) is 0 Å². The van der Waals surface area contributed by atoms with E-state index in [9.17, 15) is 0 Å². The lowest BCUT2D eigenvalue weighted by molar-refractivity contribution is 0.415. The molecule has 2 nitrogen and oxygen atoms in total. The molecule has 1 atom stereocenters. The molecule has 0 N–H and O–H groups in total. The van der Waals surface area contributed by atoms with Gasteiger partial charge in [-0.15, -0.1) is 0 Å². The van der Waals surface area contributed by atoms with Crippen molar-refractivity contribution in [3.8, 4) is 44.9 Å². The highest BCUT2D eigenvalue weighted by Crippen LogP contribution is 2.58. The Morgan fingerprint density at radius 3 is 1.50 bits per heavy atom. The summed E-state index contributed by atoms with van der Waals surface area (Å²) in [6.45, 7) is 0. The smallest absolute Gasteiger partial charge is 0.132 e. The van der Waals surface area contributed by atoms with E-state index >= 15 is 0 Å². The molecular formula is C50H35NO. The average molecular weight is 666 g/mol. The number of rotatable bonds is 5. The Labute approximate surface area is 304 Å². The summed E-state index contributed by atoms with van der Waals surface area (Å²) < 4.78 is 6.77. The van der Waals surface area contributed by atoms with Gasteiger partial charge in [0, 0.05) is 28.2 Å². The van der Waals surface area contributed by atoms with Crippen LogP contribution in [0.1, 0.15) is 22.3 Å². The zero-order chi connectivity index (χ0) is 34.5. The minimum Gasteiger partial charge on any atom is -0.457 e. The average Bonchev–Trinajstić information content (AvgIpc) is 3.22. The first-order chi connectivity index (χ1) is 25.8. The van der Waals surface area contributed by atoms with Gasteiger partial charge in [0.1, 0.15) is 11.5 Å². The normalized spacial score (nSPS) is 15.1. The SMILES string of the molecule is c1ccc(-c2ccc(N(c3ccc(-c4ccccc4)cc3)c3ccc4c(c3)C3(Cc5ccccc5-c5ccccc53)c3ccccc3O4)cc2)cc1. The molecule has 10 rings (SSSR count). The maximum Gasteiger partial charge on any atom is 0.132 e. The lowest BCUT2D eigenvalue weighted by Gasteiger charge is -2.45. The number of ether oxygens (including phenoxy) is 1. The molecule has 1 heterocycles. The summed E-state index contributed by atoms with van der Waals surface area (Å²) in [4.78, 5) is 2.38. The summed E-state index contributed by atoms with van der Waals surface area (Å²) in [5, 5.41) is 0. The van der Waals surface area contributed by atoms with E-state index in [1.165, 1.54) is 55.6 Å². The van der Waals surface area contributed by atoms with Gasteiger partial charge in [0.05, 0.1) is 5.41 Å². The molecule has 2 aliphatic rings. The molecular weight excluding hydrogens is 631 g/mol. The van der Waals surface area contributed by atoms with Gasteiger partial charge >= 0.3 is 0 Å². The van der Waals surface area contributed by atoms with Gasteiger partial charge in [-0.2, -0.15) is 0 Å². The molecule has 8 aromatic rings.